The van der Waals surface area contributed by atoms with Crippen LogP contribution in [-0.2, 0) is 19.1 Å². The van der Waals surface area contributed by atoms with Crippen LogP contribution in [0.4, 0.5) is 4.79 Å². The predicted molar refractivity (Wildman–Crippen MR) is 73.7 cm³/mol. The minimum Gasteiger partial charge on any atom is -0.480 e. The van der Waals surface area contributed by atoms with Crippen LogP contribution in [0, 0.1) is 0 Å². The maximum absolute atomic E-state index is 12.0. The molecule has 1 aliphatic heterocycles. The lowest BCUT2D eigenvalue weighted by molar-refractivity contribution is -0.145. The molecule has 118 valence electrons. The lowest BCUT2D eigenvalue weighted by atomic mass is 10.2. The summed E-state index contributed by atoms with van der Waals surface area (Å²) in [5.74, 6) is -1.76. The second-order valence-corrected chi connectivity index (χ2v) is 6.03. The van der Waals surface area contributed by atoms with Gasteiger partial charge >= 0.3 is 18.0 Å². The quantitative estimate of drug-likeness (QED) is 0.628. The molecule has 1 rings (SSSR count). The lowest BCUT2D eigenvalue weighted by Gasteiger charge is -2.26. The Balaban J connectivity index is 2.78. The molecule has 0 aliphatic carbocycles. The molecule has 1 saturated heterocycles. The van der Waals surface area contributed by atoms with Crippen LogP contribution in [0.1, 0.15) is 34.1 Å². The van der Waals surface area contributed by atoms with E-state index in [2.05, 4.69) is 6.58 Å². The van der Waals surface area contributed by atoms with Crippen LogP contribution in [-0.4, -0.2) is 52.3 Å². The summed E-state index contributed by atoms with van der Waals surface area (Å²) in [5, 5.41) is 9.18. The molecule has 0 bridgehead atoms. The van der Waals surface area contributed by atoms with Crippen molar-refractivity contribution < 1.29 is 29.0 Å². The fraction of sp³-hybridized carbons (Fsp3) is 0.643. The molecule has 0 spiro atoms. The van der Waals surface area contributed by atoms with Crippen molar-refractivity contribution in [3.05, 3.63) is 12.2 Å². The molecule has 1 aliphatic rings. The molecule has 0 saturated carbocycles. The highest BCUT2D eigenvalue weighted by Crippen LogP contribution is 2.24. The van der Waals surface area contributed by atoms with Crippen molar-refractivity contribution in [2.75, 3.05) is 6.54 Å². The van der Waals surface area contributed by atoms with E-state index in [1.807, 2.05) is 0 Å². The van der Waals surface area contributed by atoms with Gasteiger partial charge in [0.2, 0.25) is 0 Å². The molecule has 21 heavy (non-hydrogen) atoms. The van der Waals surface area contributed by atoms with E-state index in [0.717, 1.165) is 4.90 Å². The number of rotatable bonds is 3. The number of ether oxygens (including phenoxy) is 2. The summed E-state index contributed by atoms with van der Waals surface area (Å²) in [6.45, 7) is 10.0. The van der Waals surface area contributed by atoms with Gasteiger partial charge in [-0.3, -0.25) is 4.90 Å². The number of carboxylic acids is 1. The molecular formula is C14H21NO6. The summed E-state index contributed by atoms with van der Waals surface area (Å²) in [5.41, 5.74) is -0.510. The van der Waals surface area contributed by atoms with E-state index in [1.54, 1.807) is 20.8 Å². The Morgan fingerprint density at radius 3 is 2.29 bits per heavy atom. The van der Waals surface area contributed by atoms with Crippen LogP contribution >= 0.6 is 0 Å². The van der Waals surface area contributed by atoms with Gasteiger partial charge in [0.1, 0.15) is 17.7 Å². The molecule has 1 N–H and O–H groups in total. The molecule has 1 amide bonds. The van der Waals surface area contributed by atoms with Gasteiger partial charge < -0.3 is 14.6 Å². The first-order chi connectivity index (χ1) is 9.51. The van der Waals surface area contributed by atoms with Crippen LogP contribution in [0.2, 0.25) is 0 Å². The number of aliphatic carboxylic acids is 1. The number of nitrogens with zero attached hydrogens (tertiary/aromatic N) is 1. The Hall–Kier alpha value is -2.05. The Labute approximate surface area is 123 Å². The van der Waals surface area contributed by atoms with Gasteiger partial charge in [-0.2, -0.15) is 0 Å². The number of hydrogen-bond acceptors (Lipinski definition) is 5. The zero-order chi connectivity index (χ0) is 16.4. The summed E-state index contributed by atoms with van der Waals surface area (Å²) < 4.78 is 10.3. The lowest BCUT2D eigenvalue weighted by Crippen LogP contribution is -2.43. The molecule has 7 nitrogen and oxygen atoms in total. The molecule has 0 aromatic carbocycles. The van der Waals surface area contributed by atoms with E-state index < -0.39 is 35.8 Å². The molecule has 7 heteroatoms. The number of esters is 1. The Morgan fingerprint density at radius 1 is 1.29 bits per heavy atom. The monoisotopic (exact) mass is 299 g/mol. The van der Waals surface area contributed by atoms with E-state index in [4.69, 9.17) is 9.47 Å². The van der Waals surface area contributed by atoms with Gasteiger partial charge in [0.05, 0.1) is 6.54 Å². The first-order valence-electron chi connectivity index (χ1n) is 6.60. The van der Waals surface area contributed by atoms with Crippen LogP contribution in [0.15, 0.2) is 12.2 Å². The normalized spacial score (nSPS) is 21.8. The highest BCUT2D eigenvalue weighted by Gasteiger charge is 2.43. The van der Waals surface area contributed by atoms with Crippen molar-refractivity contribution >= 4 is 18.0 Å². The fourth-order valence-electron chi connectivity index (χ4n) is 1.89. The molecule has 2 atom stereocenters. The Bertz CT molecular complexity index is 465. The van der Waals surface area contributed by atoms with Crippen molar-refractivity contribution in [1.82, 2.24) is 4.90 Å². The van der Waals surface area contributed by atoms with Crippen molar-refractivity contribution in [3.63, 3.8) is 0 Å². The summed E-state index contributed by atoms with van der Waals surface area (Å²) in [6.07, 6.45) is -1.38. The minimum absolute atomic E-state index is 0.00903. The Kier molecular flexibility index (Phi) is 4.98. The van der Waals surface area contributed by atoms with E-state index in [-0.39, 0.29) is 18.5 Å². The van der Waals surface area contributed by atoms with Crippen LogP contribution < -0.4 is 0 Å². The first-order valence-corrected chi connectivity index (χ1v) is 6.60. The summed E-state index contributed by atoms with van der Waals surface area (Å²) >= 11 is 0. The first kappa shape index (κ1) is 17.0. The molecule has 0 aromatic rings. The topological polar surface area (TPSA) is 93.1 Å². The average molecular weight is 299 g/mol. The summed E-state index contributed by atoms with van der Waals surface area (Å²) in [6, 6.07) is -1.07. The molecule has 0 unspecified atom stereocenters. The Morgan fingerprint density at radius 2 is 1.86 bits per heavy atom. The van der Waals surface area contributed by atoms with Gasteiger partial charge in [0.25, 0.3) is 0 Å². The highest BCUT2D eigenvalue weighted by molar-refractivity contribution is 5.87. The fourth-order valence-corrected chi connectivity index (χ4v) is 1.89. The van der Waals surface area contributed by atoms with Gasteiger partial charge in [-0.25, -0.2) is 14.4 Å². The standard InChI is InChI=1S/C14H21NO6/c1-8(2)12(18)20-9-6-10(11(16)17)15(7-9)13(19)21-14(3,4)5/h9-10H,1,6-7H2,2-5H3,(H,16,17)/t9-,10+/m1/s1. The van der Waals surface area contributed by atoms with Crippen LogP contribution in [0.5, 0.6) is 0 Å². The average Bonchev–Trinajstić information content (AvgIpc) is 2.70. The molecule has 1 heterocycles. The summed E-state index contributed by atoms with van der Waals surface area (Å²) in [7, 11) is 0. The van der Waals surface area contributed by atoms with E-state index in [9.17, 15) is 19.5 Å². The number of likely N-dealkylation sites (tertiary alicyclic amines) is 1. The largest absolute Gasteiger partial charge is 0.480 e. The van der Waals surface area contributed by atoms with E-state index in [0.29, 0.717) is 0 Å². The summed E-state index contributed by atoms with van der Waals surface area (Å²) in [4.78, 5) is 35.8. The highest BCUT2D eigenvalue weighted by atomic mass is 16.6. The second kappa shape index (κ2) is 6.15. The van der Waals surface area contributed by atoms with Gasteiger partial charge in [-0.1, -0.05) is 6.58 Å². The van der Waals surface area contributed by atoms with Crippen molar-refractivity contribution in [2.24, 2.45) is 0 Å². The van der Waals surface area contributed by atoms with Crippen molar-refractivity contribution in [1.29, 1.82) is 0 Å². The molecular weight excluding hydrogens is 278 g/mol. The van der Waals surface area contributed by atoms with Gasteiger partial charge in [-0.15, -0.1) is 0 Å². The third-order valence-electron chi connectivity index (χ3n) is 2.80. The minimum atomic E-state index is -1.16. The second-order valence-electron chi connectivity index (χ2n) is 6.03. The number of carboxylic acid groups (broad SMARTS) is 1. The number of hydrogen-bond donors (Lipinski definition) is 1. The number of carbonyl (C=O) groups excluding carboxylic acids is 2. The van der Waals surface area contributed by atoms with Gasteiger partial charge in [0, 0.05) is 12.0 Å². The van der Waals surface area contributed by atoms with Gasteiger partial charge in [-0.05, 0) is 27.7 Å². The number of carbonyl (C=O) groups is 3. The van der Waals surface area contributed by atoms with Crippen molar-refractivity contribution in [2.45, 2.75) is 51.9 Å². The number of amides is 1. The maximum atomic E-state index is 12.0. The molecule has 0 aromatic heterocycles. The smallest absolute Gasteiger partial charge is 0.411 e. The van der Waals surface area contributed by atoms with E-state index >= 15 is 0 Å². The van der Waals surface area contributed by atoms with Crippen LogP contribution in [0.25, 0.3) is 0 Å². The van der Waals surface area contributed by atoms with E-state index in [1.165, 1.54) is 6.92 Å². The third-order valence-corrected chi connectivity index (χ3v) is 2.80. The SMILES string of the molecule is C=C(C)C(=O)O[C@@H]1C[C@@H](C(=O)O)N(C(=O)OC(C)(C)C)C1. The maximum Gasteiger partial charge on any atom is 0.411 e. The van der Waals surface area contributed by atoms with Crippen LogP contribution in [0.3, 0.4) is 0 Å². The molecule has 0 radical (unpaired) electrons. The van der Waals surface area contributed by atoms with Crippen molar-refractivity contribution in [3.8, 4) is 0 Å². The zero-order valence-corrected chi connectivity index (χ0v) is 12.7. The molecule has 1 fully saturated rings. The van der Waals surface area contributed by atoms with Gasteiger partial charge in [0.15, 0.2) is 0 Å². The third kappa shape index (κ3) is 4.77. The zero-order valence-electron chi connectivity index (χ0n) is 12.7. The predicted octanol–water partition coefficient (Wildman–Crippen LogP) is 1.57.